The van der Waals surface area contributed by atoms with Gasteiger partial charge in [0.2, 0.25) is 17.8 Å². The molecule has 2 N–H and O–H groups in total. The van der Waals surface area contributed by atoms with Crippen LogP contribution < -0.4 is 15.4 Å². The highest BCUT2D eigenvalue weighted by Gasteiger charge is 2.19. The minimum Gasteiger partial charge on any atom is -0.461 e. The first-order valence-corrected chi connectivity index (χ1v) is 7.14. The second-order valence-electron chi connectivity index (χ2n) is 5.29. The van der Waals surface area contributed by atoms with Gasteiger partial charge in [-0.1, -0.05) is 0 Å². The average Bonchev–Trinajstić information content (AvgIpc) is 2.62. The molecule has 1 aliphatic rings. The minimum atomic E-state index is -0.0306. The molecule has 0 bridgehead atoms. The van der Waals surface area contributed by atoms with Gasteiger partial charge in [0.25, 0.3) is 0 Å². The lowest BCUT2D eigenvalue weighted by atomic mass is 10.4. The fourth-order valence-electron chi connectivity index (χ4n) is 2.20. The van der Waals surface area contributed by atoms with Crippen LogP contribution in [-0.4, -0.2) is 58.0 Å². The van der Waals surface area contributed by atoms with E-state index in [-0.39, 0.29) is 24.0 Å². The molecular weight excluding hydrogens is 272 g/mol. The second kappa shape index (κ2) is 6.55. The quantitative estimate of drug-likeness (QED) is 0.856. The van der Waals surface area contributed by atoms with Crippen molar-refractivity contribution in [1.82, 2.24) is 19.9 Å². The highest BCUT2D eigenvalue weighted by molar-refractivity contribution is 5.73. The summed E-state index contributed by atoms with van der Waals surface area (Å²) in [6, 6.07) is 0.236. The summed E-state index contributed by atoms with van der Waals surface area (Å²) in [5.74, 6) is 0.739. The number of amides is 1. The van der Waals surface area contributed by atoms with Gasteiger partial charge < -0.3 is 20.3 Å². The van der Waals surface area contributed by atoms with Gasteiger partial charge in [-0.2, -0.15) is 15.0 Å². The molecule has 2 heterocycles. The van der Waals surface area contributed by atoms with Crippen LogP contribution in [0, 0.1) is 0 Å². The van der Waals surface area contributed by atoms with Crippen molar-refractivity contribution in [3.63, 3.8) is 0 Å². The summed E-state index contributed by atoms with van der Waals surface area (Å²) in [5, 5.41) is 0. The molecule has 1 saturated heterocycles. The van der Waals surface area contributed by atoms with Crippen molar-refractivity contribution in [2.45, 2.75) is 33.3 Å². The number of hydrogen-bond acceptors (Lipinski definition) is 7. The Morgan fingerprint density at radius 3 is 2.62 bits per heavy atom. The Kier molecular flexibility index (Phi) is 4.77. The Labute approximate surface area is 124 Å². The number of nitrogen functional groups attached to an aromatic ring is 1. The van der Waals surface area contributed by atoms with Crippen molar-refractivity contribution in [2.75, 3.05) is 36.8 Å². The highest BCUT2D eigenvalue weighted by Crippen LogP contribution is 2.16. The molecule has 2 rings (SSSR count). The van der Waals surface area contributed by atoms with Gasteiger partial charge in [-0.25, -0.2) is 0 Å². The number of ether oxygens (including phenoxy) is 1. The van der Waals surface area contributed by atoms with Crippen LogP contribution >= 0.6 is 0 Å². The number of nitrogens with zero attached hydrogens (tertiary/aromatic N) is 5. The lowest BCUT2D eigenvalue weighted by Crippen LogP contribution is -2.34. The minimum absolute atomic E-state index is 0.0306. The van der Waals surface area contributed by atoms with Crippen LogP contribution in [0.4, 0.5) is 11.9 Å². The molecular formula is C13H22N6O2. The van der Waals surface area contributed by atoms with Gasteiger partial charge in [0, 0.05) is 33.1 Å². The van der Waals surface area contributed by atoms with Crippen molar-refractivity contribution in [2.24, 2.45) is 0 Å². The molecule has 21 heavy (non-hydrogen) atoms. The molecule has 0 saturated carbocycles. The van der Waals surface area contributed by atoms with Crippen LogP contribution in [0.15, 0.2) is 0 Å². The summed E-state index contributed by atoms with van der Waals surface area (Å²) in [6.07, 6.45) is 0.836. The second-order valence-corrected chi connectivity index (χ2v) is 5.29. The first-order chi connectivity index (χ1) is 9.95. The van der Waals surface area contributed by atoms with Crippen LogP contribution in [0.5, 0.6) is 6.01 Å². The maximum atomic E-state index is 11.5. The number of carbonyl (C=O) groups excluding carboxylic acids is 1. The first kappa shape index (κ1) is 15.3. The smallest absolute Gasteiger partial charge is 0.323 e. The molecule has 1 aromatic heterocycles. The Hall–Kier alpha value is -2.12. The third-order valence-electron chi connectivity index (χ3n) is 3.19. The monoisotopic (exact) mass is 294 g/mol. The van der Waals surface area contributed by atoms with Crippen LogP contribution in [0.25, 0.3) is 0 Å². The van der Waals surface area contributed by atoms with Crippen molar-refractivity contribution in [3.05, 3.63) is 0 Å². The maximum Gasteiger partial charge on any atom is 0.323 e. The number of aromatic nitrogens is 3. The molecule has 1 aliphatic heterocycles. The summed E-state index contributed by atoms with van der Waals surface area (Å²) in [6.45, 7) is 8.24. The Bertz CT molecular complexity index is 507. The SMILES string of the molecule is CC(=O)N1CCCN(c2nc(N)nc(OC(C)C)n2)CC1. The number of hydrogen-bond donors (Lipinski definition) is 1. The number of rotatable bonds is 3. The Morgan fingerprint density at radius 2 is 1.95 bits per heavy atom. The van der Waals surface area contributed by atoms with E-state index in [1.807, 2.05) is 23.6 Å². The molecule has 116 valence electrons. The van der Waals surface area contributed by atoms with E-state index in [9.17, 15) is 4.79 Å². The molecule has 8 nitrogen and oxygen atoms in total. The third-order valence-corrected chi connectivity index (χ3v) is 3.19. The molecule has 1 fully saturated rings. The van der Waals surface area contributed by atoms with Gasteiger partial charge >= 0.3 is 6.01 Å². The zero-order valence-electron chi connectivity index (χ0n) is 12.7. The molecule has 0 aliphatic carbocycles. The highest BCUT2D eigenvalue weighted by atomic mass is 16.5. The largest absolute Gasteiger partial charge is 0.461 e. The van der Waals surface area contributed by atoms with E-state index in [4.69, 9.17) is 10.5 Å². The fourth-order valence-corrected chi connectivity index (χ4v) is 2.20. The zero-order chi connectivity index (χ0) is 15.4. The predicted octanol–water partition coefficient (Wildman–Crippen LogP) is 0.300. The standard InChI is InChI=1S/C13H22N6O2/c1-9(2)21-13-16-11(14)15-12(17-13)19-6-4-5-18(7-8-19)10(3)20/h9H,4-8H2,1-3H3,(H2,14,15,16,17). The van der Waals surface area contributed by atoms with Crippen molar-refractivity contribution >= 4 is 17.8 Å². The molecule has 0 spiro atoms. The summed E-state index contributed by atoms with van der Waals surface area (Å²) in [4.78, 5) is 27.7. The van der Waals surface area contributed by atoms with Crippen LogP contribution in [-0.2, 0) is 4.79 Å². The number of nitrogens with two attached hydrogens (primary N) is 1. The summed E-state index contributed by atoms with van der Waals surface area (Å²) < 4.78 is 5.48. The Morgan fingerprint density at radius 1 is 1.19 bits per heavy atom. The number of anilines is 2. The lowest BCUT2D eigenvalue weighted by Gasteiger charge is -2.21. The van der Waals surface area contributed by atoms with E-state index in [0.29, 0.717) is 19.0 Å². The normalized spacial score (nSPS) is 16.0. The predicted molar refractivity (Wildman–Crippen MR) is 79.1 cm³/mol. The molecule has 1 amide bonds. The van der Waals surface area contributed by atoms with E-state index in [0.717, 1.165) is 19.5 Å². The van der Waals surface area contributed by atoms with Crippen molar-refractivity contribution in [1.29, 1.82) is 0 Å². The van der Waals surface area contributed by atoms with Gasteiger partial charge in [0.05, 0.1) is 6.10 Å². The fraction of sp³-hybridized carbons (Fsp3) is 0.692. The molecule has 0 unspecified atom stereocenters. The van der Waals surface area contributed by atoms with E-state index in [1.165, 1.54) is 0 Å². The van der Waals surface area contributed by atoms with Gasteiger partial charge in [0.15, 0.2) is 0 Å². The third kappa shape index (κ3) is 4.17. The molecule has 8 heteroatoms. The average molecular weight is 294 g/mol. The van der Waals surface area contributed by atoms with Gasteiger partial charge in [-0.3, -0.25) is 4.79 Å². The number of carbonyl (C=O) groups is 1. The topological polar surface area (TPSA) is 97.5 Å². The van der Waals surface area contributed by atoms with Crippen LogP contribution in [0.3, 0.4) is 0 Å². The maximum absolute atomic E-state index is 11.5. The van der Waals surface area contributed by atoms with Crippen molar-refractivity contribution < 1.29 is 9.53 Å². The van der Waals surface area contributed by atoms with Gasteiger partial charge in [0.1, 0.15) is 0 Å². The lowest BCUT2D eigenvalue weighted by molar-refractivity contribution is -0.128. The molecule has 0 radical (unpaired) electrons. The van der Waals surface area contributed by atoms with Crippen LogP contribution in [0.1, 0.15) is 27.2 Å². The zero-order valence-corrected chi connectivity index (χ0v) is 12.7. The first-order valence-electron chi connectivity index (χ1n) is 7.14. The van der Waals surface area contributed by atoms with E-state index >= 15 is 0 Å². The van der Waals surface area contributed by atoms with Gasteiger partial charge in [-0.15, -0.1) is 0 Å². The van der Waals surface area contributed by atoms with E-state index < -0.39 is 0 Å². The van der Waals surface area contributed by atoms with Crippen molar-refractivity contribution in [3.8, 4) is 6.01 Å². The molecule has 0 atom stereocenters. The van der Waals surface area contributed by atoms with E-state index in [1.54, 1.807) is 6.92 Å². The summed E-state index contributed by atoms with van der Waals surface area (Å²) in [7, 11) is 0. The molecule has 1 aromatic rings. The molecule has 0 aromatic carbocycles. The summed E-state index contributed by atoms with van der Waals surface area (Å²) >= 11 is 0. The van der Waals surface area contributed by atoms with E-state index in [2.05, 4.69) is 15.0 Å². The summed E-state index contributed by atoms with van der Waals surface area (Å²) in [5.41, 5.74) is 5.72. The van der Waals surface area contributed by atoms with Gasteiger partial charge in [-0.05, 0) is 20.3 Å². The van der Waals surface area contributed by atoms with Crippen LogP contribution in [0.2, 0.25) is 0 Å². The Balaban J connectivity index is 2.13.